The van der Waals surface area contributed by atoms with Crippen molar-refractivity contribution in [3.8, 4) is 0 Å². The molecule has 0 spiro atoms. The van der Waals surface area contributed by atoms with Gasteiger partial charge in [-0.2, -0.15) is 0 Å². The second-order valence-electron chi connectivity index (χ2n) is 2.57. The first-order valence-corrected chi connectivity index (χ1v) is 5.96. The number of halogens is 1. The van der Waals surface area contributed by atoms with E-state index in [0.29, 0.717) is 18.3 Å². The zero-order chi connectivity index (χ0) is 9.68. The minimum atomic E-state index is 0.0579. The fourth-order valence-electron chi connectivity index (χ4n) is 0.853. The Morgan fingerprint density at radius 1 is 1.77 bits per heavy atom. The number of carbonyl (C=O) groups excluding carboxylic acids is 1. The van der Waals surface area contributed by atoms with Crippen molar-refractivity contribution in [2.45, 2.75) is 19.9 Å². The molecule has 1 aromatic heterocycles. The predicted octanol–water partition coefficient (Wildman–Crippen LogP) is 1.85. The summed E-state index contributed by atoms with van der Waals surface area (Å²) in [7, 11) is 0. The molecule has 0 aliphatic rings. The quantitative estimate of drug-likeness (QED) is 0.842. The van der Waals surface area contributed by atoms with Gasteiger partial charge in [0.25, 0.3) is 0 Å². The maximum atomic E-state index is 11.1. The Morgan fingerprint density at radius 3 is 3.08 bits per heavy atom. The maximum Gasteiger partial charge on any atom is 0.221 e. The normalized spacial score (nSPS) is 10.0. The highest BCUT2D eigenvalue weighted by molar-refractivity contribution is 9.09. The first-order valence-electron chi connectivity index (χ1n) is 3.96. The number of hydrogen-bond acceptors (Lipinski definition) is 3. The number of aryl methyl sites for hydroxylation is 1. The van der Waals surface area contributed by atoms with Crippen molar-refractivity contribution in [2.75, 3.05) is 5.33 Å². The van der Waals surface area contributed by atoms with Crippen LogP contribution in [0.4, 0.5) is 0 Å². The molecular weight excluding hydrogens is 252 g/mol. The van der Waals surface area contributed by atoms with E-state index in [1.807, 2.05) is 12.3 Å². The van der Waals surface area contributed by atoms with Gasteiger partial charge < -0.3 is 5.32 Å². The molecule has 1 heterocycles. The Balaban J connectivity index is 2.30. The van der Waals surface area contributed by atoms with E-state index < -0.39 is 0 Å². The predicted molar refractivity (Wildman–Crippen MR) is 57.1 cm³/mol. The molecule has 13 heavy (non-hydrogen) atoms. The van der Waals surface area contributed by atoms with Crippen molar-refractivity contribution in [3.63, 3.8) is 0 Å². The SMILES string of the molecule is Cc1nc(CNC(=O)CCBr)cs1. The van der Waals surface area contributed by atoms with Gasteiger partial charge in [-0.15, -0.1) is 11.3 Å². The van der Waals surface area contributed by atoms with Crippen molar-refractivity contribution in [3.05, 3.63) is 16.1 Å². The summed E-state index contributed by atoms with van der Waals surface area (Å²) in [5, 5.41) is 6.49. The summed E-state index contributed by atoms with van der Waals surface area (Å²) in [4.78, 5) is 15.3. The Morgan fingerprint density at radius 2 is 2.54 bits per heavy atom. The summed E-state index contributed by atoms with van der Waals surface area (Å²) < 4.78 is 0. The Labute approximate surface area is 89.7 Å². The molecule has 0 aromatic carbocycles. The van der Waals surface area contributed by atoms with E-state index in [0.717, 1.165) is 10.7 Å². The van der Waals surface area contributed by atoms with Gasteiger partial charge in [0.15, 0.2) is 0 Å². The molecule has 1 aromatic rings. The van der Waals surface area contributed by atoms with Crippen LogP contribution in [0.3, 0.4) is 0 Å². The molecule has 0 unspecified atom stereocenters. The van der Waals surface area contributed by atoms with E-state index in [9.17, 15) is 4.79 Å². The van der Waals surface area contributed by atoms with Gasteiger partial charge in [-0.25, -0.2) is 4.98 Å². The monoisotopic (exact) mass is 262 g/mol. The van der Waals surface area contributed by atoms with Crippen molar-refractivity contribution in [1.82, 2.24) is 10.3 Å². The summed E-state index contributed by atoms with van der Waals surface area (Å²) in [5.41, 5.74) is 0.936. The fourth-order valence-corrected chi connectivity index (χ4v) is 1.83. The van der Waals surface area contributed by atoms with Crippen LogP contribution in [-0.4, -0.2) is 16.2 Å². The summed E-state index contributed by atoms with van der Waals surface area (Å²) in [6, 6.07) is 0. The molecule has 0 aliphatic carbocycles. The molecule has 3 nitrogen and oxygen atoms in total. The lowest BCUT2D eigenvalue weighted by atomic mass is 10.4. The van der Waals surface area contributed by atoms with Crippen LogP contribution in [0, 0.1) is 6.92 Å². The number of carbonyl (C=O) groups is 1. The van der Waals surface area contributed by atoms with Gasteiger partial charge in [-0.05, 0) is 6.92 Å². The number of thiazole rings is 1. The van der Waals surface area contributed by atoms with Crippen LogP contribution < -0.4 is 5.32 Å². The Kier molecular flexibility index (Phi) is 4.38. The number of hydrogen-bond donors (Lipinski definition) is 1. The third-order valence-corrected chi connectivity index (χ3v) is 2.67. The van der Waals surface area contributed by atoms with Gasteiger partial charge in [-0.1, -0.05) is 15.9 Å². The molecule has 72 valence electrons. The number of amides is 1. The summed E-state index contributed by atoms with van der Waals surface area (Å²) in [6.45, 7) is 2.49. The first-order chi connectivity index (χ1) is 6.22. The topological polar surface area (TPSA) is 42.0 Å². The average molecular weight is 263 g/mol. The molecule has 0 bridgehead atoms. The number of aromatic nitrogens is 1. The molecular formula is C8H11BrN2OS. The minimum Gasteiger partial charge on any atom is -0.350 e. The van der Waals surface area contributed by atoms with Crippen LogP contribution in [0.25, 0.3) is 0 Å². The molecule has 1 amide bonds. The molecule has 0 saturated heterocycles. The van der Waals surface area contributed by atoms with Crippen molar-refractivity contribution in [1.29, 1.82) is 0 Å². The number of nitrogens with one attached hydrogen (secondary N) is 1. The number of alkyl halides is 1. The molecule has 0 aliphatic heterocycles. The zero-order valence-corrected chi connectivity index (χ0v) is 9.74. The van der Waals surface area contributed by atoms with Gasteiger partial charge in [0.2, 0.25) is 5.91 Å². The van der Waals surface area contributed by atoms with Crippen molar-refractivity contribution in [2.24, 2.45) is 0 Å². The van der Waals surface area contributed by atoms with E-state index in [2.05, 4.69) is 26.2 Å². The van der Waals surface area contributed by atoms with Crippen LogP contribution in [0.15, 0.2) is 5.38 Å². The third-order valence-electron chi connectivity index (χ3n) is 1.45. The summed E-state index contributed by atoms with van der Waals surface area (Å²) >= 11 is 4.80. The molecule has 1 N–H and O–H groups in total. The number of nitrogens with zero attached hydrogens (tertiary/aromatic N) is 1. The van der Waals surface area contributed by atoms with Crippen LogP contribution in [0.2, 0.25) is 0 Å². The first kappa shape index (κ1) is 10.7. The molecule has 0 radical (unpaired) electrons. The van der Waals surface area contributed by atoms with E-state index >= 15 is 0 Å². The standard InChI is InChI=1S/C8H11BrN2OS/c1-6-11-7(5-13-6)4-10-8(12)2-3-9/h5H,2-4H2,1H3,(H,10,12). The Bertz CT molecular complexity index is 287. The molecule has 5 heteroatoms. The van der Waals surface area contributed by atoms with Gasteiger partial charge in [0, 0.05) is 17.1 Å². The van der Waals surface area contributed by atoms with Crippen LogP contribution in [-0.2, 0) is 11.3 Å². The molecule has 1 rings (SSSR count). The van der Waals surface area contributed by atoms with Gasteiger partial charge in [0.1, 0.15) is 0 Å². The second-order valence-corrected chi connectivity index (χ2v) is 4.43. The van der Waals surface area contributed by atoms with Gasteiger partial charge >= 0.3 is 0 Å². The fraction of sp³-hybridized carbons (Fsp3) is 0.500. The maximum absolute atomic E-state index is 11.1. The minimum absolute atomic E-state index is 0.0579. The molecule has 0 atom stereocenters. The zero-order valence-electron chi connectivity index (χ0n) is 7.34. The van der Waals surface area contributed by atoms with E-state index in [-0.39, 0.29) is 5.91 Å². The van der Waals surface area contributed by atoms with Crippen LogP contribution in [0.5, 0.6) is 0 Å². The van der Waals surface area contributed by atoms with E-state index in [1.54, 1.807) is 11.3 Å². The summed E-state index contributed by atoms with van der Waals surface area (Å²) in [5.74, 6) is 0.0579. The Hall–Kier alpha value is -0.420. The van der Waals surface area contributed by atoms with E-state index in [1.165, 1.54) is 0 Å². The highest BCUT2D eigenvalue weighted by atomic mass is 79.9. The molecule has 0 fully saturated rings. The lowest BCUT2D eigenvalue weighted by Crippen LogP contribution is -2.22. The highest BCUT2D eigenvalue weighted by Crippen LogP contribution is 2.07. The molecule has 0 saturated carbocycles. The van der Waals surface area contributed by atoms with Gasteiger partial charge in [0.05, 0.1) is 17.2 Å². The van der Waals surface area contributed by atoms with Crippen LogP contribution in [0.1, 0.15) is 17.1 Å². The summed E-state index contributed by atoms with van der Waals surface area (Å²) in [6.07, 6.45) is 0.517. The lowest BCUT2D eigenvalue weighted by Gasteiger charge is -1.99. The van der Waals surface area contributed by atoms with Crippen LogP contribution >= 0.6 is 27.3 Å². The lowest BCUT2D eigenvalue weighted by molar-refractivity contribution is -0.120. The smallest absolute Gasteiger partial charge is 0.221 e. The van der Waals surface area contributed by atoms with E-state index in [4.69, 9.17) is 0 Å². The number of rotatable bonds is 4. The average Bonchev–Trinajstić information content (AvgIpc) is 2.49. The van der Waals surface area contributed by atoms with Crippen molar-refractivity contribution >= 4 is 33.2 Å². The largest absolute Gasteiger partial charge is 0.350 e. The third kappa shape index (κ3) is 3.87. The van der Waals surface area contributed by atoms with Gasteiger partial charge in [-0.3, -0.25) is 4.79 Å². The second kappa shape index (κ2) is 5.34. The highest BCUT2D eigenvalue weighted by Gasteiger charge is 2.01. The van der Waals surface area contributed by atoms with Crippen molar-refractivity contribution < 1.29 is 4.79 Å².